The van der Waals surface area contributed by atoms with Crippen molar-refractivity contribution < 1.29 is 23.5 Å². The van der Waals surface area contributed by atoms with Crippen molar-refractivity contribution in [2.24, 2.45) is 5.92 Å². The molecule has 2 rings (SSSR count). The van der Waals surface area contributed by atoms with E-state index in [1.54, 1.807) is 13.0 Å². The Morgan fingerprint density at radius 3 is 3.00 bits per heavy atom. The summed E-state index contributed by atoms with van der Waals surface area (Å²) >= 11 is 0. The molecule has 1 saturated heterocycles. The summed E-state index contributed by atoms with van der Waals surface area (Å²) in [5.41, 5.74) is 0.568. The maximum atomic E-state index is 13.2. The van der Waals surface area contributed by atoms with Crippen LogP contribution in [0.5, 0.6) is 0 Å². The minimum Gasteiger partial charge on any atom is -0.465 e. The lowest BCUT2D eigenvalue weighted by atomic mass is 9.88. The zero-order valence-corrected chi connectivity index (χ0v) is 9.89. The summed E-state index contributed by atoms with van der Waals surface area (Å²) in [6.45, 7) is 1.93. The Kier molecular flexibility index (Phi) is 3.60. The molecule has 0 N–H and O–H groups in total. The van der Waals surface area contributed by atoms with Crippen LogP contribution in [0.1, 0.15) is 18.4 Å². The minimum absolute atomic E-state index is 0.0752. The summed E-state index contributed by atoms with van der Waals surface area (Å²) < 4.78 is 22.9. The normalized spacial score (nSPS) is 22.7. The molecular weight excluding hydrogens is 239 g/mol. The van der Waals surface area contributed by atoms with E-state index in [2.05, 4.69) is 0 Å². The highest BCUT2D eigenvalue weighted by Gasteiger charge is 2.44. The third-order valence-corrected chi connectivity index (χ3v) is 2.88. The van der Waals surface area contributed by atoms with Crippen molar-refractivity contribution in [3.8, 4) is 0 Å². The summed E-state index contributed by atoms with van der Waals surface area (Å²) in [4.78, 5) is 23.3. The fraction of sp³-hybridized carbons (Fsp3) is 0.385. The Morgan fingerprint density at radius 1 is 1.56 bits per heavy atom. The predicted octanol–water partition coefficient (Wildman–Crippen LogP) is 1.65. The van der Waals surface area contributed by atoms with Gasteiger partial charge in [-0.15, -0.1) is 0 Å². The Hall–Kier alpha value is -1.91. The Morgan fingerprint density at radius 2 is 2.33 bits per heavy atom. The van der Waals surface area contributed by atoms with E-state index in [9.17, 15) is 14.0 Å². The molecule has 0 radical (unpaired) electrons. The standard InChI is InChI=1S/C13H13FO4/c1-2-17-12(15)11-10(7-18-13(11)16)8-4-3-5-9(14)6-8/h3-6,10-11H,2,7H2,1H3/t10-,11-/m1/s1. The second-order valence-corrected chi connectivity index (χ2v) is 4.02. The topological polar surface area (TPSA) is 52.6 Å². The number of benzene rings is 1. The molecule has 1 heterocycles. The Labute approximate surface area is 104 Å². The number of halogens is 1. The van der Waals surface area contributed by atoms with Crippen LogP contribution in [0.4, 0.5) is 4.39 Å². The fourth-order valence-corrected chi connectivity index (χ4v) is 2.04. The summed E-state index contributed by atoms with van der Waals surface area (Å²) in [7, 11) is 0. The molecular formula is C13H13FO4. The molecule has 96 valence electrons. The van der Waals surface area contributed by atoms with E-state index in [0.717, 1.165) is 0 Å². The van der Waals surface area contributed by atoms with E-state index < -0.39 is 29.6 Å². The number of hydrogen-bond donors (Lipinski definition) is 0. The van der Waals surface area contributed by atoms with Gasteiger partial charge < -0.3 is 9.47 Å². The van der Waals surface area contributed by atoms with Gasteiger partial charge in [0.2, 0.25) is 0 Å². The third kappa shape index (κ3) is 2.34. The molecule has 0 aromatic heterocycles. The molecule has 1 aliphatic heterocycles. The first-order valence-corrected chi connectivity index (χ1v) is 5.72. The largest absolute Gasteiger partial charge is 0.465 e. The molecule has 0 amide bonds. The SMILES string of the molecule is CCOC(=O)[C@@H]1C(=O)OC[C@@H]1c1cccc(F)c1. The van der Waals surface area contributed by atoms with Gasteiger partial charge in [0, 0.05) is 5.92 Å². The lowest BCUT2D eigenvalue weighted by Gasteiger charge is -2.14. The third-order valence-electron chi connectivity index (χ3n) is 2.88. The van der Waals surface area contributed by atoms with Crippen molar-refractivity contribution in [1.29, 1.82) is 0 Å². The molecule has 0 aliphatic carbocycles. The van der Waals surface area contributed by atoms with Gasteiger partial charge in [0.1, 0.15) is 5.82 Å². The van der Waals surface area contributed by atoms with Crippen molar-refractivity contribution in [3.63, 3.8) is 0 Å². The van der Waals surface area contributed by atoms with E-state index in [0.29, 0.717) is 5.56 Å². The number of carbonyl (C=O) groups is 2. The monoisotopic (exact) mass is 252 g/mol. The molecule has 18 heavy (non-hydrogen) atoms. The van der Waals surface area contributed by atoms with Crippen LogP contribution in [0.15, 0.2) is 24.3 Å². The lowest BCUT2D eigenvalue weighted by Crippen LogP contribution is -2.26. The van der Waals surface area contributed by atoms with E-state index in [4.69, 9.17) is 9.47 Å². The van der Waals surface area contributed by atoms with Crippen LogP contribution in [-0.4, -0.2) is 25.2 Å². The molecule has 4 nitrogen and oxygen atoms in total. The van der Waals surface area contributed by atoms with Crippen LogP contribution < -0.4 is 0 Å². The summed E-state index contributed by atoms with van der Waals surface area (Å²) in [6.07, 6.45) is 0. The number of ether oxygens (including phenoxy) is 2. The van der Waals surface area contributed by atoms with E-state index >= 15 is 0 Å². The smallest absolute Gasteiger partial charge is 0.321 e. The Bertz CT molecular complexity index is 472. The minimum atomic E-state index is -0.994. The van der Waals surface area contributed by atoms with Gasteiger partial charge in [0.05, 0.1) is 13.2 Å². The van der Waals surface area contributed by atoms with Crippen LogP contribution in [0.3, 0.4) is 0 Å². The second kappa shape index (κ2) is 5.16. The molecule has 0 unspecified atom stereocenters. The van der Waals surface area contributed by atoms with Crippen LogP contribution in [0.25, 0.3) is 0 Å². The van der Waals surface area contributed by atoms with Gasteiger partial charge >= 0.3 is 11.9 Å². The highest BCUT2D eigenvalue weighted by atomic mass is 19.1. The average Bonchev–Trinajstić information content (AvgIpc) is 2.71. The van der Waals surface area contributed by atoms with Crippen molar-refractivity contribution in [3.05, 3.63) is 35.6 Å². The number of hydrogen-bond acceptors (Lipinski definition) is 4. The number of esters is 2. The molecule has 5 heteroatoms. The first kappa shape index (κ1) is 12.5. The second-order valence-electron chi connectivity index (χ2n) is 4.02. The van der Waals surface area contributed by atoms with Gasteiger partial charge in [-0.3, -0.25) is 9.59 Å². The predicted molar refractivity (Wildman–Crippen MR) is 60.2 cm³/mol. The highest BCUT2D eigenvalue weighted by molar-refractivity contribution is 5.97. The molecule has 0 spiro atoms. The van der Waals surface area contributed by atoms with E-state index in [1.165, 1.54) is 18.2 Å². The number of rotatable bonds is 3. The molecule has 0 bridgehead atoms. The summed E-state index contributed by atoms with van der Waals surface area (Å²) in [5.74, 6) is -3.11. The first-order chi connectivity index (χ1) is 8.63. The fourth-order valence-electron chi connectivity index (χ4n) is 2.04. The molecule has 1 aromatic carbocycles. The molecule has 1 fully saturated rings. The highest BCUT2D eigenvalue weighted by Crippen LogP contribution is 2.33. The van der Waals surface area contributed by atoms with Gasteiger partial charge in [-0.25, -0.2) is 4.39 Å². The van der Waals surface area contributed by atoms with Crippen LogP contribution in [0, 0.1) is 11.7 Å². The van der Waals surface area contributed by atoms with Gasteiger partial charge in [-0.1, -0.05) is 12.1 Å². The molecule has 1 aliphatic rings. The van der Waals surface area contributed by atoms with Crippen LogP contribution >= 0.6 is 0 Å². The molecule has 0 saturated carbocycles. The van der Waals surface area contributed by atoms with Crippen molar-refractivity contribution >= 4 is 11.9 Å². The molecule has 1 aromatic rings. The average molecular weight is 252 g/mol. The Balaban J connectivity index is 2.26. The van der Waals surface area contributed by atoms with Crippen LogP contribution in [0.2, 0.25) is 0 Å². The quantitative estimate of drug-likeness (QED) is 0.606. The lowest BCUT2D eigenvalue weighted by molar-refractivity contribution is -0.155. The first-order valence-electron chi connectivity index (χ1n) is 5.72. The zero-order valence-electron chi connectivity index (χ0n) is 9.89. The van der Waals surface area contributed by atoms with Crippen LogP contribution in [-0.2, 0) is 19.1 Å². The van der Waals surface area contributed by atoms with Crippen molar-refractivity contribution in [1.82, 2.24) is 0 Å². The van der Waals surface area contributed by atoms with Gasteiger partial charge in [0.15, 0.2) is 5.92 Å². The van der Waals surface area contributed by atoms with Crippen molar-refractivity contribution in [2.45, 2.75) is 12.8 Å². The number of cyclic esters (lactones) is 1. The van der Waals surface area contributed by atoms with Gasteiger partial charge in [-0.05, 0) is 24.6 Å². The molecule has 2 atom stereocenters. The zero-order chi connectivity index (χ0) is 13.1. The van der Waals surface area contributed by atoms with E-state index in [1.807, 2.05) is 0 Å². The maximum Gasteiger partial charge on any atom is 0.321 e. The maximum absolute atomic E-state index is 13.2. The van der Waals surface area contributed by atoms with Crippen molar-refractivity contribution in [2.75, 3.05) is 13.2 Å². The number of carbonyl (C=O) groups excluding carboxylic acids is 2. The van der Waals surface area contributed by atoms with Gasteiger partial charge in [-0.2, -0.15) is 0 Å². The van der Waals surface area contributed by atoms with Gasteiger partial charge in [0.25, 0.3) is 0 Å². The summed E-state index contributed by atoms with van der Waals surface area (Å²) in [5, 5.41) is 0. The van der Waals surface area contributed by atoms with E-state index in [-0.39, 0.29) is 13.2 Å². The summed E-state index contributed by atoms with van der Waals surface area (Å²) in [6, 6.07) is 5.82.